The molecule has 4 heteroatoms. The fourth-order valence-corrected chi connectivity index (χ4v) is 1.12. The number of aldehydes is 1. The molecule has 0 saturated carbocycles. The molecule has 0 aliphatic carbocycles. The zero-order valence-electron chi connectivity index (χ0n) is 8.86. The quantitative estimate of drug-likeness (QED) is 0.527. The van der Waals surface area contributed by atoms with Gasteiger partial charge in [0.15, 0.2) is 6.29 Å². The molecule has 0 aliphatic rings. The maximum absolute atomic E-state index is 10.6. The maximum atomic E-state index is 10.6. The normalized spacial score (nSPS) is 9.73. The Bertz CT molecular complexity index is 322. The number of hydrogen-bond acceptors (Lipinski definition) is 4. The van der Waals surface area contributed by atoms with E-state index in [2.05, 4.69) is 0 Å². The molecule has 82 valence electrons. The van der Waals surface area contributed by atoms with Crippen LogP contribution in [0.3, 0.4) is 0 Å². The van der Waals surface area contributed by atoms with Gasteiger partial charge in [-0.2, -0.15) is 0 Å². The minimum absolute atomic E-state index is 0.472. The highest BCUT2D eigenvalue weighted by Crippen LogP contribution is 2.23. The van der Waals surface area contributed by atoms with Crippen molar-refractivity contribution in [3.63, 3.8) is 0 Å². The van der Waals surface area contributed by atoms with Crippen LogP contribution in [0.15, 0.2) is 18.2 Å². The number of carbonyl (C=O) groups is 1. The maximum Gasteiger partial charge on any atom is 0.153 e. The van der Waals surface area contributed by atoms with Crippen LogP contribution < -0.4 is 9.47 Å². The van der Waals surface area contributed by atoms with E-state index in [9.17, 15) is 4.79 Å². The second kappa shape index (κ2) is 6.03. The van der Waals surface area contributed by atoms with Crippen LogP contribution >= 0.6 is 0 Å². The van der Waals surface area contributed by atoms with E-state index in [0.717, 1.165) is 6.29 Å². The van der Waals surface area contributed by atoms with Gasteiger partial charge in [-0.1, -0.05) is 0 Å². The fourth-order valence-electron chi connectivity index (χ4n) is 1.12. The van der Waals surface area contributed by atoms with Crippen molar-refractivity contribution in [2.45, 2.75) is 0 Å². The highest BCUT2D eigenvalue weighted by Gasteiger charge is 2.03. The van der Waals surface area contributed by atoms with Crippen molar-refractivity contribution in [2.75, 3.05) is 27.4 Å². The molecule has 0 radical (unpaired) electrons. The molecule has 0 bridgehead atoms. The molecule has 15 heavy (non-hydrogen) atoms. The Morgan fingerprint density at radius 3 is 2.67 bits per heavy atom. The van der Waals surface area contributed by atoms with E-state index in [1.807, 2.05) is 0 Å². The van der Waals surface area contributed by atoms with E-state index in [1.165, 1.54) is 7.11 Å². The summed E-state index contributed by atoms with van der Waals surface area (Å²) >= 11 is 0. The molecule has 1 aromatic rings. The van der Waals surface area contributed by atoms with Gasteiger partial charge in [-0.25, -0.2) is 0 Å². The SMILES string of the molecule is COCCOc1ccc(C=O)c(OC)c1. The third-order valence-corrected chi connectivity index (χ3v) is 1.89. The fraction of sp³-hybridized carbons (Fsp3) is 0.364. The third-order valence-electron chi connectivity index (χ3n) is 1.89. The largest absolute Gasteiger partial charge is 0.496 e. The van der Waals surface area contributed by atoms with Gasteiger partial charge in [0.1, 0.15) is 18.1 Å². The smallest absolute Gasteiger partial charge is 0.153 e. The summed E-state index contributed by atoms with van der Waals surface area (Å²) in [6, 6.07) is 5.06. The average molecular weight is 210 g/mol. The van der Waals surface area contributed by atoms with Crippen molar-refractivity contribution in [3.05, 3.63) is 23.8 Å². The zero-order valence-corrected chi connectivity index (χ0v) is 8.86. The average Bonchev–Trinajstić information content (AvgIpc) is 2.29. The van der Waals surface area contributed by atoms with E-state index < -0.39 is 0 Å². The molecule has 0 unspecified atom stereocenters. The molecule has 0 N–H and O–H groups in total. The lowest BCUT2D eigenvalue weighted by Gasteiger charge is -2.08. The molecular formula is C11H14O4. The predicted molar refractivity (Wildman–Crippen MR) is 55.8 cm³/mol. The van der Waals surface area contributed by atoms with Crippen molar-refractivity contribution in [3.8, 4) is 11.5 Å². The lowest BCUT2D eigenvalue weighted by molar-refractivity contribution is 0.112. The summed E-state index contributed by atoms with van der Waals surface area (Å²) in [7, 11) is 3.13. The van der Waals surface area contributed by atoms with Crippen LogP contribution in [0, 0.1) is 0 Å². The van der Waals surface area contributed by atoms with Gasteiger partial charge in [0.2, 0.25) is 0 Å². The van der Waals surface area contributed by atoms with Gasteiger partial charge in [-0.3, -0.25) is 4.79 Å². The summed E-state index contributed by atoms with van der Waals surface area (Å²) in [6.07, 6.45) is 0.748. The van der Waals surface area contributed by atoms with Gasteiger partial charge in [0.25, 0.3) is 0 Å². The molecule has 0 aliphatic heterocycles. The Balaban J connectivity index is 2.70. The molecule has 0 fully saturated rings. The van der Waals surface area contributed by atoms with E-state index >= 15 is 0 Å². The summed E-state index contributed by atoms with van der Waals surface area (Å²) < 4.78 is 15.3. The van der Waals surface area contributed by atoms with E-state index in [1.54, 1.807) is 25.3 Å². The molecule has 0 atom stereocenters. The molecule has 1 aromatic carbocycles. The van der Waals surface area contributed by atoms with Crippen molar-refractivity contribution in [1.29, 1.82) is 0 Å². The second-order valence-corrected chi connectivity index (χ2v) is 2.86. The third kappa shape index (κ3) is 3.25. The number of methoxy groups -OCH3 is 2. The van der Waals surface area contributed by atoms with E-state index in [4.69, 9.17) is 14.2 Å². The van der Waals surface area contributed by atoms with Crippen LogP contribution in [0.1, 0.15) is 10.4 Å². The topological polar surface area (TPSA) is 44.8 Å². The highest BCUT2D eigenvalue weighted by atomic mass is 16.5. The first-order valence-electron chi connectivity index (χ1n) is 4.56. The highest BCUT2D eigenvalue weighted by molar-refractivity contribution is 5.79. The van der Waals surface area contributed by atoms with Gasteiger partial charge in [0, 0.05) is 13.2 Å². The standard InChI is InChI=1S/C11H14O4/c1-13-5-6-15-10-4-3-9(8-12)11(7-10)14-2/h3-4,7-8H,5-6H2,1-2H3. The van der Waals surface area contributed by atoms with Gasteiger partial charge in [-0.05, 0) is 12.1 Å². The summed E-state index contributed by atoms with van der Waals surface area (Å²) in [5, 5.41) is 0. The van der Waals surface area contributed by atoms with Gasteiger partial charge in [-0.15, -0.1) is 0 Å². The van der Waals surface area contributed by atoms with Crippen molar-refractivity contribution in [2.24, 2.45) is 0 Å². The summed E-state index contributed by atoms with van der Waals surface area (Å²) in [5.74, 6) is 1.18. The minimum atomic E-state index is 0.472. The zero-order chi connectivity index (χ0) is 11.1. The van der Waals surface area contributed by atoms with Crippen LogP contribution in [0.2, 0.25) is 0 Å². The molecule has 4 nitrogen and oxygen atoms in total. The van der Waals surface area contributed by atoms with Crippen LogP contribution in [0.4, 0.5) is 0 Å². The number of rotatable bonds is 6. The lowest BCUT2D eigenvalue weighted by Crippen LogP contribution is -2.04. The van der Waals surface area contributed by atoms with Gasteiger partial charge in [0.05, 0.1) is 19.3 Å². The van der Waals surface area contributed by atoms with Gasteiger partial charge >= 0.3 is 0 Å². The first-order chi connectivity index (χ1) is 7.31. The lowest BCUT2D eigenvalue weighted by atomic mass is 10.2. The monoisotopic (exact) mass is 210 g/mol. The van der Waals surface area contributed by atoms with Crippen molar-refractivity contribution >= 4 is 6.29 Å². The molecule has 0 spiro atoms. The van der Waals surface area contributed by atoms with Crippen LogP contribution in [0.25, 0.3) is 0 Å². The number of carbonyl (C=O) groups excluding carboxylic acids is 1. The van der Waals surface area contributed by atoms with Crippen molar-refractivity contribution < 1.29 is 19.0 Å². The number of benzene rings is 1. The van der Waals surface area contributed by atoms with Crippen LogP contribution in [-0.2, 0) is 4.74 Å². The molecular weight excluding hydrogens is 196 g/mol. The molecule has 0 amide bonds. The first-order valence-corrected chi connectivity index (χ1v) is 4.56. The summed E-state index contributed by atoms with van der Waals surface area (Å²) in [4.78, 5) is 10.6. The van der Waals surface area contributed by atoms with Crippen molar-refractivity contribution in [1.82, 2.24) is 0 Å². The predicted octanol–water partition coefficient (Wildman–Crippen LogP) is 1.53. The Labute approximate surface area is 88.8 Å². The van der Waals surface area contributed by atoms with E-state index in [-0.39, 0.29) is 0 Å². The van der Waals surface area contributed by atoms with Crippen LogP contribution in [0.5, 0.6) is 11.5 Å². The second-order valence-electron chi connectivity index (χ2n) is 2.86. The molecule has 1 rings (SSSR count). The summed E-state index contributed by atoms with van der Waals surface area (Å²) in [5.41, 5.74) is 0.511. The first kappa shape index (κ1) is 11.5. The Hall–Kier alpha value is -1.55. The van der Waals surface area contributed by atoms with Crippen LogP contribution in [-0.4, -0.2) is 33.7 Å². The molecule has 0 saturated heterocycles. The van der Waals surface area contributed by atoms with E-state index in [0.29, 0.717) is 30.3 Å². The number of hydrogen-bond donors (Lipinski definition) is 0. The Kier molecular flexibility index (Phi) is 4.63. The Morgan fingerprint density at radius 1 is 1.27 bits per heavy atom. The summed E-state index contributed by atoms with van der Waals surface area (Å²) in [6.45, 7) is 0.998. The number of ether oxygens (including phenoxy) is 3. The van der Waals surface area contributed by atoms with Gasteiger partial charge < -0.3 is 14.2 Å². The molecule has 0 aromatic heterocycles. The molecule has 0 heterocycles. The minimum Gasteiger partial charge on any atom is -0.496 e. The Morgan fingerprint density at radius 2 is 2.07 bits per heavy atom.